The summed E-state index contributed by atoms with van der Waals surface area (Å²) >= 11 is 0. The van der Waals surface area contributed by atoms with Crippen LogP contribution in [0.5, 0.6) is 0 Å². The summed E-state index contributed by atoms with van der Waals surface area (Å²) < 4.78 is 7.84. The summed E-state index contributed by atoms with van der Waals surface area (Å²) in [7, 11) is 0. The monoisotopic (exact) mass is 443 g/mol. The molecule has 0 spiro atoms. The second kappa shape index (κ2) is 8.59. The number of nitrogens with zero attached hydrogens (tertiary/aromatic N) is 3. The van der Waals surface area contributed by atoms with Gasteiger partial charge in [-0.2, -0.15) is 0 Å². The van der Waals surface area contributed by atoms with E-state index in [9.17, 15) is 5.11 Å². The largest absolute Gasteiger partial charge is 0.394 e. The van der Waals surface area contributed by atoms with Crippen molar-refractivity contribution in [2.45, 2.75) is 37.3 Å². The normalized spacial score (nSPS) is 20.6. The number of anilines is 1. The molecule has 3 atom stereocenters. The average Bonchev–Trinajstić information content (AvgIpc) is 3.26. The Morgan fingerprint density at radius 2 is 1.82 bits per heavy atom. The first kappa shape index (κ1) is 21.6. The molecule has 2 aromatic carbocycles. The van der Waals surface area contributed by atoms with E-state index in [0.29, 0.717) is 12.4 Å². The van der Waals surface area contributed by atoms with Gasteiger partial charge in [0.05, 0.1) is 24.9 Å². The van der Waals surface area contributed by atoms with Crippen LogP contribution in [-0.4, -0.2) is 38.8 Å². The number of rotatable bonds is 5. The molecule has 33 heavy (non-hydrogen) atoms. The van der Waals surface area contributed by atoms with Crippen LogP contribution in [0.15, 0.2) is 67.0 Å². The van der Waals surface area contributed by atoms with Crippen LogP contribution in [0.1, 0.15) is 42.6 Å². The molecule has 7 nitrogen and oxygen atoms in total. The quantitative estimate of drug-likeness (QED) is 0.436. The first-order valence-electron chi connectivity index (χ1n) is 11.3. The summed E-state index contributed by atoms with van der Waals surface area (Å²) in [5.41, 5.74) is 17.0. The van der Waals surface area contributed by atoms with Crippen molar-refractivity contribution in [1.82, 2.24) is 14.4 Å². The molecule has 3 unspecified atom stereocenters. The number of nitrogens with two attached hydrogens (primary N) is 2. The van der Waals surface area contributed by atoms with Crippen molar-refractivity contribution in [3.63, 3.8) is 0 Å². The fourth-order valence-electron chi connectivity index (χ4n) is 4.66. The van der Waals surface area contributed by atoms with Crippen molar-refractivity contribution >= 4 is 11.3 Å². The molecular formula is C26H29N5O2. The summed E-state index contributed by atoms with van der Waals surface area (Å²) in [5, 5.41) is 9.38. The summed E-state index contributed by atoms with van der Waals surface area (Å²) in [6.45, 7) is 2.59. The number of imidazole rings is 1. The van der Waals surface area contributed by atoms with Crippen molar-refractivity contribution in [2.24, 2.45) is 5.73 Å². The number of aromatic nitrogens is 3. The lowest BCUT2D eigenvalue weighted by molar-refractivity contribution is -0.0282. The van der Waals surface area contributed by atoms with Crippen molar-refractivity contribution in [3.05, 3.63) is 83.9 Å². The smallest absolute Gasteiger partial charge is 0.150 e. The first-order valence-corrected chi connectivity index (χ1v) is 11.3. The fourth-order valence-corrected chi connectivity index (χ4v) is 4.66. The van der Waals surface area contributed by atoms with Crippen LogP contribution in [-0.2, 0) is 10.3 Å². The Morgan fingerprint density at radius 3 is 2.48 bits per heavy atom. The third-order valence-electron chi connectivity index (χ3n) is 6.68. The molecule has 170 valence electrons. The van der Waals surface area contributed by atoms with Crippen molar-refractivity contribution in [2.75, 3.05) is 18.9 Å². The summed E-state index contributed by atoms with van der Waals surface area (Å²) in [5.74, 6) is 1.47. The predicted octanol–water partition coefficient (Wildman–Crippen LogP) is 3.46. The second-order valence-corrected chi connectivity index (χ2v) is 8.91. The molecule has 5 N–H and O–H groups in total. The Morgan fingerprint density at radius 1 is 1.09 bits per heavy atom. The number of nitrogen functional groups attached to an aromatic ring is 1. The lowest BCUT2D eigenvalue weighted by atomic mass is 9.85. The van der Waals surface area contributed by atoms with Gasteiger partial charge in [0.2, 0.25) is 0 Å². The van der Waals surface area contributed by atoms with Gasteiger partial charge in [0.25, 0.3) is 0 Å². The van der Waals surface area contributed by atoms with Gasteiger partial charge in [0, 0.05) is 23.9 Å². The van der Waals surface area contributed by atoms with E-state index in [1.54, 1.807) is 6.20 Å². The van der Waals surface area contributed by atoms with Crippen LogP contribution in [0.3, 0.4) is 0 Å². The number of aliphatic hydroxyl groups is 1. The molecule has 0 radical (unpaired) electrons. The Balaban J connectivity index is 1.53. The maximum atomic E-state index is 9.38. The molecule has 3 heterocycles. The molecule has 5 rings (SSSR count). The number of benzene rings is 2. The third kappa shape index (κ3) is 3.88. The second-order valence-electron chi connectivity index (χ2n) is 8.91. The van der Waals surface area contributed by atoms with Crippen LogP contribution in [0.4, 0.5) is 5.82 Å². The van der Waals surface area contributed by atoms with Gasteiger partial charge in [-0.15, -0.1) is 0 Å². The number of fused-ring (bicyclic) bond motifs is 1. The summed E-state index contributed by atoms with van der Waals surface area (Å²) in [6, 6.07) is 18.3. The molecule has 0 amide bonds. The number of hydrogen-bond donors (Lipinski definition) is 3. The minimum absolute atomic E-state index is 0.0482. The van der Waals surface area contributed by atoms with Gasteiger partial charge < -0.3 is 21.3 Å². The van der Waals surface area contributed by atoms with Gasteiger partial charge in [-0.3, -0.25) is 4.40 Å². The Hall–Kier alpha value is -3.26. The third-order valence-corrected chi connectivity index (χ3v) is 6.68. The van der Waals surface area contributed by atoms with E-state index < -0.39 is 5.54 Å². The molecule has 7 heteroatoms. The van der Waals surface area contributed by atoms with Crippen LogP contribution < -0.4 is 11.5 Å². The topological polar surface area (TPSA) is 112 Å². The van der Waals surface area contributed by atoms with Gasteiger partial charge >= 0.3 is 0 Å². The molecule has 0 saturated carbocycles. The molecule has 1 aliphatic rings. The van der Waals surface area contributed by atoms with E-state index in [-0.39, 0.29) is 18.6 Å². The number of hydrogen-bond acceptors (Lipinski definition) is 6. The van der Waals surface area contributed by atoms with Crippen molar-refractivity contribution in [1.29, 1.82) is 0 Å². The summed E-state index contributed by atoms with van der Waals surface area (Å²) in [4.78, 5) is 9.32. The van der Waals surface area contributed by atoms with E-state index in [4.69, 9.17) is 21.2 Å². The SMILES string of the molecule is CC(N)(c1ccccc1)c1ccc(-c2nc(C3CCC(CO)OC3)n3ccnc(N)c23)cc1. The number of ether oxygens (including phenoxy) is 1. The molecule has 0 aliphatic carbocycles. The van der Waals surface area contributed by atoms with Crippen LogP contribution in [0.25, 0.3) is 16.8 Å². The van der Waals surface area contributed by atoms with Gasteiger partial charge in [-0.1, -0.05) is 54.6 Å². The zero-order chi connectivity index (χ0) is 23.0. The van der Waals surface area contributed by atoms with E-state index in [1.807, 2.05) is 60.0 Å². The van der Waals surface area contributed by atoms with E-state index in [1.165, 1.54) is 0 Å². The molecule has 1 saturated heterocycles. The Kier molecular flexibility index (Phi) is 5.62. The average molecular weight is 444 g/mol. The minimum Gasteiger partial charge on any atom is -0.394 e. The molecular weight excluding hydrogens is 414 g/mol. The fraction of sp³-hybridized carbons (Fsp3) is 0.308. The lowest BCUT2D eigenvalue weighted by Crippen LogP contribution is -2.34. The molecule has 2 aromatic heterocycles. The highest BCUT2D eigenvalue weighted by Crippen LogP contribution is 2.35. The van der Waals surface area contributed by atoms with Crippen LogP contribution >= 0.6 is 0 Å². The highest BCUT2D eigenvalue weighted by molar-refractivity contribution is 5.85. The molecule has 1 aliphatic heterocycles. The minimum atomic E-state index is -0.607. The van der Waals surface area contributed by atoms with E-state index >= 15 is 0 Å². The van der Waals surface area contributed by atoms with E-state index in [0.717, 1.165) is 46.6 Å². The van der Waals surface area contributed by atoms with Crippen molar-refractivity contribution in [3.8, 4) is 11.3 Å². The maximum absolute atomic E-state index is 9.38. The van der Waals surface area contributed by atoms with Gasteiger partial charge in [-0.05, 0) is 30.9 Å². The predicted molar refractivity (Wildman–Crippen MR) is 129 cm³/mol. The Labute approximate surface area is 193 Å². The lowest BCUT2D eigenvalue weighted by Gasteiger charge is -2.27. The van der Waals surface area contributed by atoms with Gasteiger partial charge in [0.15, 0.2) is 0 Å². The summed E-state index contributed by atoms with van der Waals surface area (Å²) in [6.07, 6.45) is 5.20. The highest BCUT2D eigenvalue weighted by Gasteiger charge is 2.28. The van der Waals surface area contributed by atoms with E-state index in [2.05, 4.69) is 17.1 Å². The van der Waals surface area contributed by atoms with Crippen LogP contribution in [0, 0.1) is 0 Å². The number of aliphatic hydroxyl groups excluding tert-OH is 1. The highest BCUT2D eigenvalue weighted by atomic mass is 16.5. The molecule has 1 fully saturated rings. The van der Waals surface area contributed by atoms with Gasteiger partial charge in [-0.25, -0.2) is 9.97 Å². The first-order chi connectivity index (χ1) is 16.0. The van der Waals surface area contributed by atoms with Crippen molar-refractivity contribution < 1.29 is 9.84 Å². The standard InChI is InChI=1S/C26H29N5O2/c1-26(28,19-5-3-2-4-6-19)20-10-7-17(8-11-20)22-23-24(27)29-13-14-31(23)25(30-22)18-9-12-21(15-32)33-16-18/h2-8,10-11,13-14,18,21,32H,9,12,15-16,28H2,1H3,(H2,27,29). The zero-order valence-corrected chi connectivity index (χ0v) is 18.7. The Bertz CT molecular complexity index is 1240. The zero-order valence-electron chi connectivity index (χ0n) is 18.7. The molecule has 0 bridgehead atoms. The van der Waals surface area contributed by atoms with Gasteiger partial charge in [0.1, 0.15) is 22.9 Å². The van der Waals surface area contributed by atoms with Crippen LogP contribution in [0.2, 0.25) is 0 Å². The molecule has 4 aromatic rings. The maximum Gasteiger partial charge on any atom is 0.150 e.